The van der Waals surface area contributed by atoms with E-state index in [2.05, 4.69) is 0 Å². The Bertz CT molecular complexity index is 254. The summed E-state index contributed by atoms with van der Waals surface area (Å²) in [7, 11) is 1.19. The standard InChI is InChI=1S/C10H17IO4S/c1-10(2,3)15-9(13)7-4-6(7)8(12)5-14-16-11/h6-8,12H,4-5H2,1-3H3. The smallest absolute Gasteiger partial charge is 0.309 e. The molecule has 16 heavy (non-hydrogen) atoms. The Morgan fingerprint density at radius 3 is 2.75 bits per heavy atom. The van der Waals surface area contributed by atoms with Crippen LogP contribution < -0.4 is 0 Å². The van der Waals surface area contributed by atoms with E-state index >= 15 is 0 Å². The number of hydrogen-bond acceptors (Lipinski definition) is 5. The van der Waals surface area contributed by atoms with Crippen molar-refractivity contribution in [2.45, 2.75) is 38.9 Å². The molecule has 0 radical (unpaired) electrons. The molecule has 1 N–H and O–H groups in total. The first-order valence-corrected chi connectivity index (χ1v) is 8.44. The van der Waals surface area contributed by atoms with Crippen LogP contribution in [0.2, 0.25) is 0 Å². The van der Waals surface area contributed by atoms with Gasteiger partial charge >= 0.3 is 5.97 Å². The molecule has 3 atom stereocenters. The fourth-order valence-electron chi connectivity index (χ4n) is 1.51. The van der Waals surface area contributed by atoms with Crippen molar-refractivity contribution in [1.29, 1.82) is 0 Å². The summed E-state index contributed by atoms with van der Waals surface area (Å²) in [6.45, 7) is 5.79. The number of ether oxygens (including phenoxy) is 1. The maximum Gasteiger partial charge on any atom is 0.309 e. The van der Waals surface area contributed by atoms with Crippen molar-refractivity contribution >= 4 is 36.4 Å². The van der Waals surface area contributed by atoms with E-state index in [-0.39, 0.29) is 24.4 Å². The summed E-state index contributed by atoms with van der Waals surface area (Å²) in [5.74, 6) is -0.367. The van der Waals surface area contributed by atoms with Gasteiger partial charge in [0.25, 0.3) is 0 Å². The Kier molecular flexibility index (Phi) is 5.34. The van der Waals surface area contributed by atoms with Crippen LogP contribution in [0.3, 0.4) is 0 Å². The van der Waals surface area contributed by atoms with Crippen molar-refractivity contribution in [2.24, 2.45) is 11.8 Å². The number of rotatable bonds is 5. The van der Waals surface area contributed by atoms with E-state index in [4.69, 9.17) is 8.92 Å². The van der Waals surface area contributed by atoms with E-state index in [0.717, 1.165) is 0 Å². The van der Waals surface area contributed by atoms with Crippen LogP contribution in [0, 0.1) is 11.8 Å². The molecule has 0 aromatic carbocycles. The minimum absolute atomic E-state index is 0.00148. The zero-order valence-electron chi connectivity index (χ0n) is 9.60. The van der Waals surface area contributed by atoms with Gasteiger partial charge in [-0.15, -0.1) is 0 Å². The Morgan fingerprint density at radius 2 is 2.25 bits per heavy atom. The molecule has 3 unspecified atom stereocenters. The summed E-state index contributed by atoms with van der Waals surface area (Å²) in [6, 6.07) is 0. The third kappa shape index (κ3) is 4.77. The number of aliphatic hydroxyl groups is 1. The second kappa shape index (κ2) is 5.88. The molecule has 1 aliphatic carbocycles. The number of hydrogen-bond donors (Lipinski definition) is 1. The number of halogens is 1. The highest BCUT2D eigenvalue weighted by molar-refractivity contribution is 14.2. The van der Waals surface area contributed by atoms with Crippen molar-refractivity contribution in [1.82, 2.24) is 0 Å². The summed E-state index contributed by atoms with van der Waals surface area (Å²) < 4.78 is 10.3. The van der Waals surface area contributed by atoms with Crippen molar-refractivity contribution in [2.75, 3.05) is 6.61 Å². The zero-order valence-corrected chi connectivity index (χ0v) is 12.6. The average molecular weight is 360 g/mol. The molecule has 1 rings (SSSR count). The maximum absolute atomic E-state index is 11.6. The van der Waals surface area contributed by atoms with Gasteiger partial charge in [-0.1, -0.05) is 0 Å². The maximum atomic E-state index is 11.6. The minimum Gasteiger partial charge on any atom is -0.460 e. The lowest BCUT2D eigenvalue weighted by molar-refractivity contribution is -0.157. The predicted octanol–water partition coefficient (Wildman–Crippen LogP) is 2.34. The Hall–Kier alpha value is 0.470. The van der Waals surface area contributed by atoms with Gasteiger partial charge in [0.2, 0.25) is 0 Å². The van der Waals surface area contributed by atoms with Crippen molar-refractivity contribution < 1.29 is 18.8 Å². The van der Waals surface area contributed by atoms with E-state index in [9.17, 15) is 9.90 Å². The molecule has 94 valence electrons. The normalized spacial score (nSPS) is 26.3. The largest absolute Gasteiger partial charge is 0.460 e. The number of aliphatic hydroxyl groups excluding tert-OH is 1. The van der Waals surface area contributed by atoms with Gasteiger partial charge in [0.15, 0.2) is 0 Å². The van der Waals surface area contributed by atoms with E-state index in [0.29, 0.717) is 6.42 Å². The summed E-state index contributed by atoms with van der Waals surface area (Å²) in [5.41, 5.74) is -0.455. The Balaban J connectivity index is 2.30. The van der Waals surface area contributed by atoms with E-state index in [1.54, 1.807) is 0 Å². The van der Waals surface area contributed by atoms with E-state index in [1.807, 2.05) is 42.0 Å². The molecule has 6 heteroatoms. The first-order valence-electron chi connectivity index (χ1n) is 5.16. The average Bonchev–Trinajstić information content (AvgIpc) is 2.90. The number of carbonyl (C=O) groups is 1. The Labute approximate surface area is 112 Å². The highest BCUT2D eigenvalue weighted by Crippen LogP contribution is 2.43. The summed E-state index contributed by atoms with van der Waals surface area (Å²) in [4.78, 5) is 11.6. The highest BCUT2D eigenvalue weighted by atomic mass is 127. The van der Waals surface area contributed by atoms with Gasteiger partial charge in [-0.3, -0.25) is 4.79 Å². The molecule has 0 spiro atoms. The fourth-order valence-corrected chi connectivity index (χ4v) is 2.14. The van der Waals surface area contributed by atoms with E-state index in [1.165, 1.54) is 9.21 Å². The molecule has 0 bridgehead atoms. The lowest BCUT2D eigenvalue weighted by atomic mass is 10.2. The van der Waals surface area contributed by atoms with Gasteiger partial charge in [0.1, 0.15) is 5.60 Å². The van der Waals surface area contributed by atoms with Crippen LogP contribution in [0.1, 0.15) is 27.2 Å². The molecule has 1 saturated carbocycles. The Morgan fingerprint density at radius 1 is 1.62 bits per heavy atom. The van der Waals surface area contributed by atoms with Crippen molar-refractivity contribution in [3.63, 3.8) is 0 Å². The SMILES string of the molecule is CC(C)(C)OC(=O)C1CC1C(O)COSI. The minimum atomic E-state index is -0.570. The molecule has 1 fully saturated rings. The van der Waals surface area contributed by atoms with Gasteiger partial charge in [-0.05, 0) is 27.2 Å². The van der Waals surface area contributed by atoms with Crippen LogP contribution in [0.25, 0.3) is 0 Å². The third-order valence-corrected chi connectivity index (χ3v) is 3.31. The van der Waals surface area contributed by atoms with Crippen LogP contribution >= 0.6 is 30.4 Å². The lowest BCUT2D eigenvalue weighted by Gasteiger charge is -2.19. The van der Waals surface area contributed by atoms with Crippen LogP contribution in [0.5, 0.6) is 0 Å². The fraction of sp³-hybridized carbons (Fsp3) is 0.900. The molecule has 0 amide bonds. The highest BCUT2D eigenvalue weighted by Gasteiger charge is 2.49. The second-order valence-corrected chi connectivity index (χ2v) is 6.39. The van der Waals surface area contributed by atoms with Crippen LogP contribution in [-0.2, 0) is 13.7 Å². The third-order valence-electron chi connectivity index (χ3n) is 2.33. The topological polar surface area (TPSA) is 55.8 Å². The van der Waals surface area contributed by atoms with Crippen LogP contribution in [0.15, 0.2) is 0 Å². The van der Waals surface area contributed by atoms with E-state index < -0.39 is 11.7 Å². The predicted molar refractivity (Wildman–Crippen MR) is 71.0 cm³/mol. The molecular weight excluding hydrogens is 343 g/mol. The molecule has 0 aromatic heterocycles. The first kappa shape index (κ1) is 14.5. The van der Waals surface area contributed by atoms with Crippen molar-refractivity contribution in [3.05, 3.63) is 0 Å². The molecule has 1 aliphatic rings. The van der Waals surface area contributed by atoms with Gasteiger partial charge < -0.3 is 14.0 Å². The molecule has 0 aliphatic heterocycles. The molecule has 0 heterocycles. The zero-order chi connectivity index (χ0) is 12.3. The monoisotopic (exact) mass is 360 g/mol. The molecular formula is C10H17IO4S. The summed E-state index contributed by atoms with van der Waals surface area (Å²) >= 11 is 1.99. The number of carbonyl (C=O) groups excluding carboxylic acids is 1. The molecule has 0 saturated heterocycles. The van der Waals surface area contributed by atoms with Gasteiger partial charge in [0, 0.05) is 27.1 Å². The van der Waals surface area contributed by atoms with Crippen molar-refractivity contribution in [3.8, 4) is 0 Å². The first-order chi connectivity index (χ1) is 7.35. The van der Waals surface area contributed by atoms with Crippen LogP contribution in [-0.4, -0.2) is 29.4 Å². The summed E-state index contributed by atoms with van der Waals surface area (Å²) in [6.07, 6.45) is 0.130. The number of esters is 1. The molecule has 0 aromatic rings. The van der Waals surface area contributed by atoms with Gasteiger partial charge in [-0.25, -0.2) is 0 Å². The molecule has 4 nitrogen and oxygen atoms in total. The van der Waals surface area contributed by atoms with Gasteiger partial charge in [0.05, 0.1) is 27.8 Å². The second-order valence-electron chi connectivity index (χ2n) is 4.95. The lowest BCUT2D eigenvalue weighted by Crippen LogP contribution is -2.26. The van der Waals surface area contributed by atoms with Crippen LogP contribution in [0.4, 0.5) is 0 Å². The summed E-state index contributed by atoms with van der Waals surface area (Å²) in [5, 5.41) is 9.69. The van der Waals surface area contributed by atoms with Gasteiger partial charge in [-0.2, -0.15) is 0 Å². The quantitative estimate of drug-likeness (QED) is 0.463.